The number of rotatable bonds is 5. The number of aryl methyl sites for hydroxylation is 1. The number of benzene rings is 2. The van der Waals surface area contributed by atoms with Crippen molar-refractivity contribution in [3.8, 4) is 11.5 Å². The van der Waals surface area contributed by atoms with Gasteiger partial charge in [0.05, 0.1) is 11.0 Å². The Morgan fingerprint density at radius 2 is 1.77 bits per heavy atom. The minimum Gasteiger partial charge on any atom is -0.454 e. The van der Waals surface area contributed by atoms with Crippen molar-refractivity contribution in [1.29, 1.82) is 0 Å². The van der Waals surface area contributed by atoms with Crippen molar-refractivity contribution in [2.75, 3.05) is 39.5 Å². The third kappa shape index (κ3) is 3.54. The number of piperazine rings is 1. The molecule has 0 atom stereocenters. The van der Waals surface area contributed by atoms with Crippen LogP contribution in [0, 0.1) is 0 Å². The molecule has 0 saturated carbocycles. The van der Waals surface area contributed by atoms with E-state index in [0.717, 1.165) is 37.1 Å². The Hall–Kier alpha value is -3.26. The number of amides is 1. The Kier molecular flexibility index (Phi) is 4.92. The van der Waals surface area contributed by atoms with Crippen molar-refractivity contribution >= 4 is 16.9 Å². The molecule has 2 aliphatic heterocycles. The van der Waals surface area contributed by atoms with Crippen LogP contribution in [0.5, 0.6) is 11.5 Å². The smallest absolute Gasteiger partial charge is 0.326 e. The quantitative estimate of drug-likeness (QED) is 0.698. The second-order valence-electron chi connectivity index (χ2n) is 7.65. The van der Waals surface area contributed by atoms with Gasteiger partial charge in [0, 0.05) is 38.3 Å². The number of carbonyl (C=O) groups is 1. The number of para-hydroxylation sites is 2. The van der Waals surface area contributed by atoms with Crippen LogP contribution >= 0.6 is 0 Å². The van der Waals surface area contributed by atoms with Crippen LogP contribution in [0.2, 0.25) is 0 Å². The Bertz CT molecular complexity index is 1130. The molecule has 0 bridgehead atoms. The number of nitrogens with zero attached hydrogens (tertiary/aromatic N) is 3. The van der Waals surface area contributed by atoms with Crippen molar-refractivity contribution in [2.45, 2.75) is 13.0 Å². The summed E-state index contributed by atoms with van der Waals surface area (Å²) in [6.07, 6.45) is 0.887. The number of nitrogens with one attached hydrogen (secondary N) is 1. The lowest BCUT2D eigenvalue weighted by atomic mass is 10.1. The largest absolute Gasteiger partial charge is 0.454 e. The summed E-state index contributed by atoms with van der Waals surface area (Å²) in [6.45, 7) is 4.84. The number of hydrogen-bond donors (Lipinski definition) is 1. The SMILES string of the molecule is O=C(c1ccc2c(c1)OCO2)N1CCN(CCCn2c(=O)[nH]c3ccccc32)CC1. The van der Waals surface area contributed by atoms with Crippen molar-refractivity contribution in [3.63, 3.8) is 0 Å². The molecular weight excluding hydrogens is 384 g/mol. The van der Waals surface area contributed by atoms with Crippen LogP contribution in [0.4, 0.5) is 0 Å². The van der Waals surface area contributed by atoms with Gasteiger partial charge in [0.1, 0.15) is 0 Å². The van der Waals surface area contributed by atoms with E-state index in [1.54, 1.807) is 22.8 Å². The zero-order chi connectivity index (χ0) is 20.5. The molecule has 1 saturated heterocycles. The number of aromatic amines is 1. The van der Waals surface area contributed by atoms with Crippen LogP contribution in [0.15, 0.2) is 47.3 Å². The zero-order valence-electron chi connectivity index (χ0n) is 16.7. The fourth-order valence-corrected chi connectivity index (χ4v) is 4.17. The maximum absolute atomic E-state index is 12.8. The first-order chi connectivity index (χ1) is 14.7. The standard InChI is InChI=1S/C22H24N4O4/c27-21(16-6-7-19-20(14-16)30-15-29-19)25-12-10-24(11-13-25)8-3-9-26-18-5-2-1-4-17(18)23-22(26)28/h1-2,4-7,14H,3,8-13,15H2,(H,23,28). The molecule has 3 aromatic rings. The molecule has 3 heterocycles. The van der Waals surface area contributed by atoms with Crippen LogP contribution in [0.1, 0.15) is 16.8 Å². The molecule has 2 aliphatic rings. The first-order valence-corrected chi connectivity index (χ1v) is 10.3. The van der Waals surface area contributed by atoms with Crippen LogP contribution in [0.3, 0.4) is 0 Å². The van der Waals surface area contributed by atoms with Gasteiger partial charge in [-0.2, -0.15) is 0 Å². The third-order valence-electron chi connectivity index (χ3n) is 5.82. The van der Waals surface area contributed by atoms with E-state index in [4.69, 9.17) is 9.47 Å². The number of hydrogen-bond acceptors (Lipinski definition) is 5. The van der Waals surface area contributed by atoms with Crippen LogP contribution < -0.4 is 15.2 Å². The highest BCUT2D eigenvalue weighted by molar-refractivity contribution is 5.95. The molecule has 1 aromatic heterocycles. The maximum atomic E-state index is 12.8. The molecule has 8 heteroatoms. The zero-order valence-corrected chi connectivity index (χ0v) is 16.7. The lowest BCUT2D eigenvalue weighted by Gasteiger charge is -2.34. The topological polar surface area (TPSA) is 79.8 Å². The molecule has 0 spiro atoms. The van der Waals surface area contributed by atoms with E-state index in [2.05, 4.69) is 9.88 Å². The number of ether oxygens (including phenoxy) is 2. The summed E-state index contributed by atoms with van der Waals surface area (Å²) < 4.78 is 12.5. The monoisotopic (exact) mass is 408 g/mol. The molecule has 0 aliphatic carbocycles. The Morgan fingerprint density at radius 3 is 2.63 bits per heavy atom. The predicted molar refractivity (Wildman–Crippen MR) is 112 cm³/mol. The predicted octanol–water partition coefficient (Wildman–Crippen LogP) is 1.91. The molecule has 1 fully saturated rings. The van der Waals surface area contributed by atoms with Gasteiger partial charge in [-0.05, 0) is 43.3 Å². The number of H-pyrrole nitrogens is 1. The van der Waals surface area contributed by atoms with E-state index in [1.165, 1.54) is 0 Å². The molecular formula is C22H24N4O4. The van der Waals surface area contributed by atoms with Gasteiger partial charge >= 0.3 is 5.69 Å². The second kappa shape index (κ2) is 7.87. The first-order valence-electron chi connectivity index (χ1n) is 10.3. The van der Waals surface area contributed by atoms with Gasteiger partial charge in [-0.25, -0.2) is 4.79 Å². The molecule has 156 valence electrons. The Morgan fingerprint density at radius 1 is 0.967 bits per heavy atom. The second-order valence-corrected chi connectivity index (χ2v) is 7.65. The van der Waals surface area contributed by atoms with Crippen LogP contribution in [-0.2, 0) is 6.54 Å². The summed E-state index contributed by atoms with van der Waals surface area (Å²) in [6, 6.07) is 13.1. The highest BCUT2D eigenvalue weighted by atomic mass is 16.7. The Labute approximate surface area is 173 Å². The highest BCUT2D eigenvalue weighted by Crippen LogP contribution is 2.32. The van der Waals surface area contributed by atoms with E-state index in [-0.39, 0.29) is 18.4 Å². The third-order valence-corrected chi connectivity index (χ3v) is 5.82. The lowest BCUT2D eigenvalue weighted by Crippen LogP contribution is -2.49. The van der Waals surface area contributed by atoms with E-state index < -0.39 is 0 Å². The number of carbonyl (C=O) groups excluding carboxylic acids is 1. The van der Waals surface area contributed by atoms with Gasteiger partial charge in [-0.3, -0.25) is 14.3 Å². The molecule has 5 rings (SSSR count). The normalized spacial score (nSPS) is 16.3. The number of fused-ring (bicyclic) bond motifs is 2. The van der Waals surface area contributed by atoms with E-state index in [1.807, 2.05) is 29.2 Å². The maximum Gasteiger partial charge on any atom is 0.326 e. The minimum atomic E-state index is -0.0599. The molecule has 1 amide bonds. The summed E-state index contributed by atoms with van der Waals surface area (Å²) in [4.78, 5) is 32.1. The van der Waals surface area contributed by atoms with E-state index in [0.29, 0.717) is 36.7 Å². The van der Waals surface area contributed by atoms with Gasteiger partial charge in [-0.1, -0.05) is 12.1 Å². The summed E-state index contributed by atoms with van der Waals surface area (Å²) >= 11 is 0. The van der Waals surface area contributed by atoms with Gasteiger partial charge in [0.15, 0.2) is 11.5 Å². The average Bonchev–Trinajstić information content (AvgIpc) is 3.37. The molecule has 0 radical (unpaired) electrons. The summed E-state index contributed by atoms with van der Waals surface area (Å²) in [5.74, 6) is 1.34. The molecule has 2 aromatic carbocycles. The summed E-state index contributed by atoms with van der Waals surface area (Å²) in [5.41, 5.74) is 2.39. The fourth-order valence-electron chi connectivity index (χ4n) is 4.17. The van der Waals surface area contributed by atoms with E-state index in [9.17, 15) is 9.59 Å². The number of aromatic nitrogens is 2. The Balaban J connectivity index is 1.13. The molecule has 30 heavy (non-hydrogen) atoms. The van der Waals surface area contributed by atoms with Crippen molar-refractivity contribution in [2.24, 2.45) is 0 Å². The van der Waals surface area contributed by atoms with Crippen molar-refractivity contribution in [3.05, 3.63) is 58.5 Å². The van der Waals surface area contributed by atoms with Crippen LogP contribution in [-0.4, -0.2) is 64.8 Å². The summed E-state index contributed by atoms with van der Waals surface area (Å²) in [5, 5.41) is 0. The minimum absolute atomic E-state index is 0.0262. The van der Waals surface area contributed by atoms with Gasteiger partial charge in [-0.15, -0.1) is 0 Å². The van der Waals surface area contributed by atoms with Crippen LogP contribution in [0.25, 0.3) is 11.0 Å². The van der Waals surface area contributed by atoms with Crippen molar-refractivity contribution < 1.29 is 14.3 Å². The molecule has 8 nitrogen and oxygen atoms in total. The molecule has 1 N–H and O–H groups in total. The fraction of sp³-hybridized carbons (Fsp3) is 0.364. The highest BCUT2D eigenvalue weighted by Gasteiger charge is 2.24. The molecule has 0 unspecified atom stereocenters. The van der Waals surface area contributed by atoms with Gasteiger partial charge in [0.2, 0.25) is 6.79 Å². The lowest BCUT2D eigenvalue weighted by molar-refractivity contribution is 0.0634. The first kappa shape index (κ1) is 18.7. The van der Waals surface area contributed by atoms with Gasteiger partial charge in [0.25, 0.3) is 5.91 Å². The number of imidazole rings is 1. The van der Waals surface area contributed by atoms with Crippen molar-refractivity contribution in [1.82, 2.24) is 19.4 Å². The van der Waals surface area contributed by atoms with E-state index >= 15 is 0 Å². The summed E-state index contributed by atoms with van der Waals surface area (Å²) in [7, 11) is 0. The van der Waals surface area contributed by atoms with Gasteiger partial charge < -0.3 is 19.4 Å². The average molecular weight is 408 g/mol.